The second kappa shape index (κ2) is 6.64. The molecule has 3 heterocycles. The molecule has 0 spiro atoms. The number of hydrogen-bond donors (Lipinski definition) is 1. The standard InChI is InChI=1S/C19H21N5O/c1-23-12-10-20-19(23)16-7-8-18(22-21-16)24-11-9-15(17(25)13-24)14-5-3-2-4-6-14/h2-8,10,12,15,17,25H,9,11,13H2,1H3/t15-,17+/m0/s1. The average Bonchev–Trinajstić information content (AvgIpc) is 3.08. The average molecular weight is 335 g/mol. The summed E-state index contributed by atoms with van der Waals surface area (Å²) in [5.74, 6) is 1.77. The van der Waals surface area contributed by atoms with E-state index in [0.717, 1.165) is 30.3 Å². The number of aryl methyl sites for hydroxylation is 1. The first kappa shape index (κ1) is 15.8. The molecule has 3 aromatic rings. The molecule has 25 heavy (non-hydrogen) atoms. The molecule has 0 unspecified atom stereocenters. The van der Waals surface area contributed by atoms with E-state index in [1.54, 1.807) is 6.20 Å². The van der Waals surface area contributed by atoms with E-state index < -0.39 is 6.10 Å². The Kier molecular flexibility index (Phi) is 4.19. The van der Waals surface area contributed by atoms with Gasteiger partial charge in [-0.2, -0.15) is 0 Å². The molecule has 4 rings (SSSR count). The number of aliphatic hydroxyl groups excluding tert-OH is 1. The Labute approximate surface area is 146 Å². The fourth-order valence-corrected chi connectivity index (χ4v) is 3.45. The van der Waals surface area contributed by atoms with Gasteiger partial charge in [0.05, 0.1) is 6.10 Å². The summed E-state index contributed by atoms with van der Waals surface area (Å²) in [4.78, 5) is 6.39. The van der Waals surface area contributed by atoms with Gasteiger partial charge in [-0.1, -0.05) is 30.3 Å². The number of β-amino-alcohol motifs (C(OH)–C–C–N with tert-alkyl or cyclic N) is 1. The lowest BCUT2D eigenvalue weighted by molar-refractivity contribution is 0.129. The van der Waals surface area contributed by atoms with E-state index in [2.05, 4.69) is 32.2 Å². The SMILES string of the molecule is Cn1ccnc1-c1ccc(N2CC[C@@H](c3ccccc3)[C@H](O)C2)nn1. The van der Waals surface area contributed by atoms with Crippen LogP contribution in [-0.4, -0.2) is 44.0 Å². The maximum absolute atomic E-state index is 10.6. The Morgan fingerprint density at radius 3 is 2.56 bits per heavy atom. The van der Waals surface area contributed by atoms with Crippen LogP contribution in [0, 0.1) is 0 Å². The maximum atomic E-state index is 10.6. The molecule has 1 N–H and O–H groups in total. The molecule has 1 aliphatic heterocycles. The Morgan fingerprint density at radius 2 is 1.92 bits per heavy atom. The first-order valence-electron chi connectivity index (χ1n) is 8.52. The Morgan fingerprint density at radius 1 is 1.08 bits per heavy atom. The molecule has 0 saturated carbocycles. The highest BCUT2D eigenvalue weighted by molar-refractivity contribution is 5.52. The third kappa shape index (κ3) is 3.13. The van der Waals surface area contributed by atoms with Crippen LogP contribution in [-0.2, 0) is 7.05 Å². The third-order valence-electron chi connectivity index (χ3n) is 4.83. The molecule has 1 saturated heterocycles. The van der Waals surface area contributed by atoms with Gasteiger partial charge < -0.3 is 14.6 Å². The number of piperidine rings is 1. The van der Waals surface area contributed by atoms with Crippen molar-refractivity contribution in [3.63, 3.8) is 0 Å². The minimum Gasteiger partial charge on any atom is -0.391 e. The van der Waals surface area contributed by atoms with Gasteiger partial charge in [-0.25, -0.2) is 4.98 Å². The molecule has 0 amide bonds. The maximum Gasteiger partial charge on any atom is 0.160 e. The van der Waals surface area contributed by atoms with E-state index in [-0.39, 0.29) is 5.92 Å². The zero-order chi connectivity index (χ0) is 17.2. The zero-order valence-corrected chi connectivity index (χ0v) is 14.2. The summed E-state index contributed by atoms with van der Waals surface area (Å²) < 4.78 is 1.92. The van der Waals surface area contributed by atoms with Gasteiger partial charge >= 0.3 is 0 Å². The van der Waals surface area contributed by atoms with E-state index in [1.807, 2.05) is 48.1 Å². The molecule has 1 aromatic carbocycles. The van der Waals surface area contributed by atoms with Gasteiger partial charge in [0, 0.05) is 38.4 Å². The van der Waals surface area contributed by atoms with Crippen molar-refractivity contribution in [3.8, 4) is 11.5 Å². The highest BCUT2D eigenvalue weighted by Crippen LogP contribution is 2.30. The van der Waals surface area contributed by atoms with Crippen molar-refractivity contribution in [2.45, 2.75) is 18.4 Å². The highest BCUT2D eigenvalue weighted by atomic mass is 16.3. The summed E-state index contributed by atoms with van der Waals surface area (Å²) >= 11 is 0. The Balaban J connectivity index is 1.48. The van der Waals surface area contributed by atoms with Crippen LogP contribution in [0.4, 0.5) is 5.82 Å². The molecule has 2 atom stereocenters. The van der Waals surface area contributed by atoms with Crippen LogP contribution in [0.3, 0.4) is 0 Å². The molecular formula is C19H21N5O. The summed E-state index contributed by atoms with van der Waals surface area (Å²) in [7, 11) is 1.93. The fraction of sp³-hybridized carbons (Fsp3) is 0.316. The first-order chi connectivity index (χ1) is 12.2. The topological polar surface area (TPSA) is 67.1 Å². The minimum absolute atomic E-state index is 0.178. The van der Waals surface area contributed by atoms with Gasteiger partial charge in [-0.3, -0.25) is 0 Å². The number of hydrogen-bond acceptors (Lipinski definition) is 5. The first-order valence-corrected chi connectivity index (χ1v) is 8.52. The lowest BCUT2D eigenvalue weighted by atomic mass is 9.87. The van der Waals surface area contributed by atoms with E-state index in [9.17, 15) is 5.11 Å². The summed E-state index contributed by atoms with van der Waals surface area (Å²) in [5.41, 5.74) is 1.95. The van der Waals surface area contributed by atoms with Gasteiger partial charge in [0.15, 0.2) is 11.6 Å². The summed E-state index contributed by atoms with van der Waals surface area (Å²) in [6, 6.07) is 14.1. The quantitative estimate of drug-likeness (QED) is 0.795. The number of benzene rings is 1. The molecule has 0 aliphatic carbocycles. The smallest absolute Gasteiger partial charge is 0.160 e. The highest BCUT2D eigenvalue weighted by Gasteiger charge is 2.29. The van der Waals surface area contributed by atoms with Crippen LogP contribution in [0.15, 0.2) is 54.9 Å². The van der Waals surface area contributed by atoms with Crippen molar-refractivity contribution >= 4 is 5.82 Å². The van der Waals surface area contributed by atoms with Crippen LogP contribution < -0.4 is 4.90 Å². The molecule has 6 heteroatoms. The fourth-order valence-electron chi connectivity index (χ4n) is 3.45. The molecule has 0 bridgehead atoms. The van der Waals surface area contributed by atoms with Gasteiger partial charge in [-0.05, 0) is 24.1 Å². The summed E-state index contributed by atoms with van der Waals surface area (Å²) in [5, 5.41) is 19.2. The number of nitrogens with zero attached hydrogens (tertiary/aromatic N) is 5. The monoisotopic (exact) mass is 335 g/mol. The number of imidazole rings is 1. The molecule has 0 radical (unpaired) electrons. The van der Waals surface area contributed by atoms with E-state index in [0.29, 0.717) is 6.54 Å². The lowest BCUT2D eigenvalue weighted by Crippen LogP contribution is -2.43. The molecule has 1 aliphatic rings. The van der Waals surface area contributed by atoms with Crippen molar-refractivity contribution < 1.29 is 5.11 Å². The van der Waals surface area contributed by atoms with Crippen molar-refractivity contribution in [2.75, 3.05) is 18.0 Å². The van der Waals surface area contributed by atoms with Crippen molar-refractivity contribution in [1.29, 1.82) is 0 Å². The van der Waals surface area contributed by atoms with Crippen LogP contribution in [0.5, 0.6) is 0 Å². The summed E-state index contributed by atoms with van der Waals surface area (Å²) in [6.45, 7) is 1.42. The van der Waals surface area contributed by atoms with Gasteiger partial charge in [0.25, 0.3) is 0 Å². The Hall–Kier alpha value is -2.73. The lowest BCUT2D eigenvalue weighted by Gasteiger charge is -2.36. The zero-order valence-electron chi connectivity index (χ0n) is 14.2. The number of aliphatic hydroxyl groups is 1. The van der Waals surface area contributed by atoms with Gasteiger partial charge in [-0.15, -0.1) is 10.2 Å². The largest absolute Gasteiger partial charge is 0.391 e. The normalized spacial score (nSPS) is 20.6. The van der Waals surface area contributed by atoms with Gasteiger partial charge in [0.2, 0.25) is 0 Å². The third-order valence-corrected chi connectivity index (χ3v) is 4.83. The number of anilines is 1. The molecule has 1 fully saturated rings. The van der Waals surface area contributed by atoms with Crippen LogP contribution in [0.25, 0.3) is 11.5 Å². The minimum atomic E-state index is -0.410. The van der Waals surface area contributed by atoms with E-state index in [4.69, 9.17) is 0 Å². The predicted octanol–water partition coefficient (Wildman–Crippen LogP) is 2.23. The van der Waals surface area contributed by atoms with Crippen LogP contribution >= 0.6 is 0 Å². The van der Waals surface area contributed by atoms with Crippen molar-refractivity contribution in [3.05, 3.63) is 60.4 Å². The number of aromatic nitrogens is 4. The van der Waals surface area contributed by atoms with Crippen LogP contribution in [0.2, 0.25) is 0 Å². The molecule has 6 nitrogen and oxygen atoms in total. The second-order valence-electron chi connectivity index (χ2n) is 6.46. The van der Waals surface area contributed by atoms with Crippen molar-refractivity contribution in [1.82, 2.24) is 19.7 Å². The van der Waals surface area contributed by atoms with E-state index in [1.165, 1.54) is 5.56 Å². The summed E-state index contributed by atoms with van der Waals surface area (Å²) in [6.07, 6.45) is 4.12. The van der Waals surface area contributed by atoms with Crippen molar-refractivity contribution in [2.24, 2.45) is 7.05 Å². The molecular weight excluding hydrogens is 314 g/mol. The molecule has 2 aromatic heterocycles. The predicted molar refractivity (Wildman–Crippen MR) is 96.3 cm³/mol. The van der Waals surface area contributed by atoms with Crippen LogP contribution in [0.1, 0.15) is 17.9 Å². The van der Waals surface area contributed by atoms with E-state index >= 15 is 0 Å². The Bertz CT molecular complexity index is 831. The molecule has 128 valence electrons. The number of rotatable bonds is 3. The second-order valence-corrected chi connectivity index (χ2v) is 6.46. The van der Waals surface area contributed by atoms with Gasteiger partial charge in [0.1, 0.15) is 5.69 Å².